The maximum absolute atomic E-state index is 5.97. The number of hydrogen-bond donors (Lipinski definition) is 1. The zero-order chi connectivity index (χ0) is 19.6. The van der Waals surface area contributed by atoms with Gasteiger partial charge >= 0.3 is 0 Å². The van der Waals surface area contributed by atoms with Crippen LogP contribution >= 0.6 is 12.4 Å². The van der Waals surface area contributed by atoms with E-state index in [1.807, 2.05) is 12.1 Å². The van der Waals surface area contributed by atoms with Gasteiger partial charge in [0.2, 0.25) is 11.7 Å². The molecule has 0 spiro atoms. The average molecular weight is 422 g/mol. The van der Waals surface area contributed by atoms with Crippen LogP contribution in [0.3, 0.4) is 0 Å². The standard InChI is InChI=1S/C24H23N3O2.ClH/c1-16-4-6-17(7-5-16)15-28-21-11-10-18-13-20(9-8-19(18)14-21)23-26-24(29-27-23)22-3-2-12-25-22;/h4-11,13-14,22,25H,2-3,12,15H2,1H3;1H/t22-;/m0./s1. The molecule has 5 rings (SSSR count). The van der Waals surface area contributed by atoms with Crippen LogP contribution in [-0.4, -0.2) is 16.7 Å². The number of ether oxygens (including phenoxy) is 1. The molecule has 154 valence electrons. The molecular formula is C24H24ClN3O2. The first kappa shape index (κ1) is 20.4. The summed E-state index contributed by atoms with van der Waals surface area (Å²) in [6.07, 6.45) is 2.19. The van der Waals surface area contributed by atoms with E-state index in [0.717, 1.165) is 47.0 Å². The van der Waals surface area contributed by atoms with Crippen LogP contribution < -0.4 is 10.1 Å². The molecule has 1 aromatic heterocycles. The molecule has 1 saturated heterocycles. The third-order valence-corrected chi connectivity index (χ3v) is 5.40. The maximum atomic E-state index is 5.97. The lowest BCUT2D eigenvalue weighted by molar-refractivity contribution is 0.306. The molecule has 1 atom stereocenters. The summed E-state index contributed by atoms with van der Waals surface area (Å²) in [5.41, 5.74) is 3.37. The number of nitrogens with zero attached hydrogens (tertiary/aromatic N) is 2. The Labute approximate surface area is 181 Å². The fraction of sp³-hybridized carbons (Fsp3) is 0.250. The predicted octanol–water partition coefficient (Wildman–Crippen LogP) is 5.62. The number of benzene rings is 3. The molecule has 5 nitrogen and oxygen atoms in total. The highest BCUT2D eigenvalue weighted by atomic mass is 35.5. The lowest BCUT2D eigenvalue weighted by Crippen LogP contribution is -2.12. The molecule has 6 heteroatoms. The van der Waals surface area contributed by atoms with Gasteiger partial charge in [-0.15, -0.1) is 12.4 Å². The summed E-state index contributed by atoms with van der Waals surface area (Å²) in [4.78, 5) is 4.59. The van der Waals surface area contributed by atoms with Gasteiger partial charge in [-0.3, -0.25) is 0 Å². The molecule has 1 fully saturated rings. The smallest absolute Gasteiger partial charge is 0.244 e. The summed E-state index contributed by atoms with van der Waals surface area (Å²) in [6, 6.07) is 20.9. The van der Waals surface area contributed by atoms with Gasteiger partial charge < -0.3 is 14.6 Å². The summed E-state index contributed by atoms with van der Waals surface area (Å²) in [6.45, 7) is 3.65. The molecule has 4 aromatic rings. The predicted molar refractivity (Wildman–Crippen MR) is 120 cm³/mol. The minimum Gasteiger partial charge on any atom is -0.489 e. The quantitative estimate of drug-likeness (QED) is 0.453. The molecular weight excluding hydrogens is 398 g/mol. The number of hydrogen-bond acceptors (Lipinski definition) is 5. The van der Waals surface area contributed by atoms with Gasteiger partial charge in [-0.1, -0.05) is 53.2 Å². The second-order valence-corrected chi connectivity index (χ2v) is 7.60. The van der Waals surface area contributed by atoms with E-state index in [-0.39, 0.29) is 18.4 Å². The zero-order valence-electron chi connectivity index (χ0n) is 16.8. The van der Waals surface area contributed by atoms with Crippen molar-refractivity contribution in [1.29, 1.82) is 0 Å². The molecule has 2 heterocycles. The van der Waals surface area contributed by atoms with Crippen molar-refractivity contribution in [2.75, 3.05) is 6.54 Å². The fourth-order valence-electron chi connectivity index (χ4n) is 3.69. The van der Waals surface area contributed by atoms with Gasteiger partial charge in [0, 0.05) is 5.56 Å². The van der Waals surface area contributed by atoms with E-state index < -0.39 is 0 Å². The fourth-order valence-corrected chi connectivity index (χ4v) is 3.69. The summed E-state index contributed by atoms with van der Waals surface area (Å²) >= 11 is 0. The van der Waals surface area contributed by atoms with Crippen molar-refractivity contribution in [1.82, 2.24) is 15.5 Å². The van der Waals surface area contributed by atoms with Crippen molar-refractivity contribution in [2.45, 2.75) is 32.4 Å². The summed E-state index contributed by atoms with van der Waals surface area (Å²) in [5.74, 6) is 2.17. The number of halogens is 1. The first-order chi connectivity index (χ1) is 14.2. The lowest BCUT2D eigenvalue weighted by atomic mass is 10.1. The highest BCUT2D eigenvalue weighted by molar-refractivity contribution is 5.87. The first-order valence-corrected chi connectivity index (χ1v) is 10.0. The van der Waals surface area contributed by atoms with Crippen LogP contribution in [0.5, 0.6) is 5.75 Å². The van der Waals surface area contributed by atoms with Gasteiger partial charge in [0.15, 0.2) is 0 Å². The molecule has 0 radical (unpaired) electrons. The third-order valence-electron chi connectivity index (χ3n) is 5.40. The Morgan fingerprint density at radius 2 is 1.83 bits per heavy atom. The van der Waals surface area contributed by atoms with E-state index in [1.165, 1.54) is 5.56 Å². The molecule has 1 aliphatic heterocycles. The molecule has 0 aliphatic carbocycles. The van der Waals surface area contributed by atoms with Crippen LogP contribution in [0.15, 0.2) is 65.2 Å². The van der Waals surface area contributed by atoms with Crippen molar-refractivity contribution in [3.63, 3.8) is 0 Å². The van der Waals surface area contributed by atoms with Crippen molar-refractivity contribution in [3.05, 3.63) is 77.7 Å². The summed E-state index contributed by atoms with van der Waals surface area (Å²) in [7, 11) is 0. The van der Waals surface area contributed by atoms with Crippen molar-refractivity contribution < 1.29 is 9.26 Å². The normalized spacial score (nSPS) is 15.8. The Morgan fingerprint density at radius 1 is 1.03 bits per heavy atom. The molecule has 0 saturated carbocycles. The van der Waals surface area contributed by atoms with Gasteiger partial charge in [0.25, 0.3) is 0 Å². The van der Waals surface area contributed by atoms with E-state index >= 15 is 0 Å². The van der Waals surface area contributed by atoms with E-state index in [2.05, 4.69) is 70.9 Å². The lowest BCUT2D eigenvalue weighted by Gasteiger charge is -2.08. The Hall–Kier alpha value is -2.89. The van der Waals surface area contributed by atoms with E-state index in [1.54, 1.807) is 0 Å². The number of fused-ring (bicyclic) bond motifs is 1. The molecule has 1 aliphatic rings. The molecule has 1 N–H and O–H groups in total. The van der Waals surface area contributed by atoms with Crippen LogP contribution in [0.25, 0.3) is 22.2 Å². The topological polar surface area (TPSA) is 60.2 Å². The van der Waals surface area contributed by atoms with Gasteiger partial charge in [-0.2, -0.15) is 4.98 Å². The highest BCUT2D eigenvalue weighted by Gasteiger charge is 2.22. The van der Waals surface area contributed by atoms with Gasteiger partial charge in [-0.05, 0) is 60.8 Å². The second-order valence-electron chi connectivity index (χ2n) is 7.60. The molecule has 0 amide bonds. The van der Waals surface area contributed by atoms with Crippen molar-refractivity contribution in [3.8, 4) is 17.1 Å². The summed E-state index contributed by atoms with van der Waals surface area (Å²) in [5, 5.41) is 9.81. The van der Waals surface area contributed by atoms with Crippen LogP contribution in [0.4, 0.5) is 0 Å². The van der Waals surface area contributed by atoms with Crippen molar-refractivity contribution >= 4 is 23.2 Å². The van der Waals surface area contributed by atoms with Crippen LogP contribution in [-0.2, 0) is 6.61 Å². The van der Waals surface area contributed by atoms with E-state index in [0.29, 0.717) is 18.3 Å². The molecule has 30 heavy (non-hydrogen) atoms. The van der Waals surface area contributed by atoms with Gasteiger partial charge in [0.05, 0.1) is 6.04 Å². The van der Waals surface area contributed by atoms with E-state index in [9.17, 15) is 0 Å². The highest BCUT2D eigenvalue weighted by Crippen LogP contribution is 2.28. The Bertz CT molecular complexity index is 1130. The van der Waals surface area contributed by atoms with Crippen LogP contribution in [0.2, 0.25) is 0 Å². The number of aromatic nitrogens is 2. The van der Waals surface area contributed by atoms with Gasteiger partial charge in [0.1, 0.15) is 12.4 Å². The number of rotatable bonds is 5. The minimum atomic E-state index is 0. The van der Waals surface area contributed by atoms with Crippen LogP contribution in [0, 0.1) is 6.92 Å². The Morgan fingerprint density at radius 3 is 2.63 bits per heavy atom. The molecule has 3 aromatic carbocycles. The Kier molecular flexibility index (Phi) is 6.02. The largest absolute Gasteiger partial charge is 0.489 e. The molecule has 0 bridgehead atoms. The molecule has 0 unspecified atom stereocenters. The van der Waals surface area contributed by atoms with Crippen LogP contribution in [0.1, 0.15) is 35.9 Å². The number of nitrogens with one attached hydrogen (secondary N) is 1. The SMILES string of the molecule is Cc1ccc(COc2ccc3cc(-c4noc([C@@H]5CCCN5)n4)ccc3c2)cc1.Cl. The third kappa shape index (κ3) is 4.32. The first-order valence-electron chi connectivity index (χ1n) is 10.0. The minimum absolute atomic E-state index is 0. The van der Waals surface area contributed by atoms with Crippen molar-refractivity contribution in [2.24, 2.45) is 0 Å². The Balaban J connectivity index is 0.00000218. The van der Waals surface area contributed by atoms with Gasteiger partial charge in [-0.25, -0.2) is 0 Å². The maximum Gasteiger partial charge on any atom is 0.244 e. The number of aryl methyl sites for hydroxylation is 1. The van der Waals surface area contributed by atoms with E-state index in [4.69, 9.17) is 9.26 Å². The summed E-state index contributed by atoms with van der Waals surface area (Å²) < 4.78 is 11.4. The second kappa shape index (κ2) is 8.86. The average Bonchev–Trinajstić information content (AvgIpc) is 3.45. The zero-order valence-corrected chi connectivity index (χ0v) is 17.6. The monoisotopic (exact) mass is 421 g/mol.